The molecule has 0 radical (unpaired) electrons. The number of para-hydroxylation sites is 1. The molecule has 0 aliphatic rings. The van der Waals surface area contributed by atoms with E-state index in [1.807, 2.05) is 18.2 Å². The number of halogens is 1. The van der Waals surface area contributed by atoms with Crippen molar-refractivity contribution in [3.63, 3.8) is 0 Å². The van der Waals surface area contributed by atoms with Gasteiger partial charge >= 0.3 is 5.97 Å². The van der Waals surface area contributed by atoms with Gasteiger partial charge in [0.25, 0.3) is 0 Å². The van der Waals surface area contributed by atoms with Gasteiger partial charge in [0.15, 0.2) is 0 Å². The van der Waals surface area contributed by atoms with E-state index >= 15 is 0 Å². The lowest BCUT2D eigenvalue weighted by atomic mass is 10.2. The Bertz CT molecular complexity index is 933. The number of hydrogen-bond donors (Lipinski definition) is 1. The molecule has 116 valence electrons. The second kappa shape index (κ2) is 5.85. The number of amides is 1. The van der Waals surface area contributed by atoms with Crippen LogP contribution in [0.15, 0.2) is 47.2 Å². The fraction of sp³-hybridized carbons (Fsp3) is 0.0625. The molecule has 0 aliphatic heterocycles. The van der Waals surface area contributed by atoms with Crippen LogP contribution in [0, 0.1) is 0 Å². The van der Waals surface area contributed by atoms with Gasteiger partial charge in [-0.3, -0.25) is 9.78 Å². The van der Waals surface area contributed by atoms with Gasteiger partial charge in [-0.1, -0.05) is 12.1 Å². The maximum absolute atomic E-state index is 12.2. The summed E-state index contributed by atoms with van der Waals surface area (Å²) in [6, 6.07) is 8.75. The smallest absolute Gasteiger partial charge is 0.360 e. The second-order valence-electron chi connectivity index (χ2n) is 4.96. The molecule has 0 bridgehead atoms. The summed E-state index contributed by atoms with van der Waals surface area (Å²) in [5.74, 6) is -0.865. The highest BCUT2D eigenvalue weighted by Gasteiger charge is 2.16. The van der Waals surface area contributed by atoms with E-state index in [2.05, 4.69) is 20.9 Å². The molecule has 2 aromatic heterocycles. The molecule has 0 unspecified atom stereocenters. The molecule has 0 saturated heterocycles. The minimum Gasteiger partial charge on any atom is -0.420 e. The molecular weight excluding hydrogens is 362 g/mol. The van der Waals surface area contributed by atoms with Crippen LogP contribution in [0.1, 0.15) is 20.8 Å². The third-order valence-electron chi connectivity index (χ3n) is 3.35. The molecule has 6 nitrogen and oxygen atoms in total. The number of carbonyl (C=O) groups is 2. The number of esters is 1. The molecule has 23 heavy (non-hydrogen) atoms. The Morgan fingerprint density at radius 3 is 2.78 bits per heavy atom. The summed E-state index contributed by atoms with van der Waals surface area (Å²) in [6.07, 6.45) is 2.96. The number of nitrogens with two attached hydrogens (primary N) is 1. The Kier molecular flexibility index (Phi) is 3.87. The number of carbonyl (C=O) groups excluding carboxylic acids is 2. The molecule has 2 heterocycles. The van der Waals surface area contributed by atoms with Crippen molar-refractivity contribution in [2.24, 2.45) is 12.8 Å². The van der Waals surface area contributed by atoms with Crippen molar-refractivity contribution in [3.05, 3.63) is 58.5 Å². The maximum Gasteiger partial charge on any atom is 0.360 e. The number of fused-ring (bicyclic) bond motifs is 1. The van der Waals surface area contributed by atoms with Crippen LogP contribution in [0.25, 0.3) is 10.9 Å². The number of benzene rings is 1. The van der Waals surface area contributed by atoms with Gasteiger partial charge < -0.3 is 15.0 Å². The van der Waals surface area contributed by atoms with Crippen molar-refractivity contribution in [1.82, 2.24) is 9.55 Å². The summed E-state index contributed by atoms with van der Waals surface area (Å²) in [5.41, 5.74) is 6.47. The molecule has 0 aliphatic carbocycles. The Hall–Kier alpha value is -2.67. The van der Waals surface area contributed by atoms with Gasteiger partial charge in [-0.15, -0.1) is 0 Å². The lowest BCUT2D eigenvalue weighted by Gasteiger charge is -2.06. The summed E-state index contributed by atoms with van der Waals surface area (Å²) >= 11 is 3.42. The van der Waals surface area contributed by atoms with Crippen molar-refractivity contribution in [2.75, 3.05) is 0 Å². The van der Waals surface area contributed by atoms with E-state index in [1.165, 1.54) is 23.0 Å². The predicted octanol–water partition coefficient (Wildman–Crippen LogP) is 2.65. The second-order valence-corrected chi connectivity index (χ2v) is 5.82. The van der Waals surface area contributed by atoms with Gasteiger partial charge in [-0.25, -0.2) is 4.79 Å². The topological polar surface area (TPSA) is 87.2 Å². The Morgan fingerprint density at radius 2 is 2.09 bits per heavy atom. The van der Waals surface area contributed by atoms with Crippen molar-refractivity contribution >= 4 is 38.7 Å². The molecule has 2 N–H and O–H groups in total. The molecule has 7 heteroatoms. The molecule has 3 aromatic rings. The van der Waals surface area contributed by atoms with Gasteiger partial charge in [0.2, 0.25) is 5.91 Å². The Labute approximate surface area is 140 Å². The van der Waals surface area contributed by atoms with E-state index in [0.29, 0.717) is 5.75 Å². The van der Waals surface area contributed by atoms with Gasteiger partial charge in [0.05, 0.1) is 17.3 Å². The number of primary amides is 1. The van der Waals surface area contributed by atoms with Crippen molar-refractivity contribution in [3.8, 4) is 5.75 Å². The van der Waals surface area contributed by atoms with Crippen LogP contribution in [0.5, 0.6) is 5.75 Å². The third kappa shape index (κ3) is 2.95. The normalized spacial score (nSPS) is 10.7. The van der Waals surface area contributed by atoms with Crippen LogP contribution in [-0.4, -0.2) is 21.4 Å². The monoisotopic (exact) mass is 373 g/mol. The van der Waals surface area contributed by atoms with Crippen LogP contribution in [0.2, 0.25) is 0 Å². The first-order chi connectivity index (χ1) is 11.0. The highest BCUT2D eigenvalue weighted by molar-refractivity contribution is 9.10. The summed E-state index contributed by atoms with van der Waals surface area (Å²) in [5, 5.41) is 0.842. The van der Waals surface area contributed by atoms with E-state index in [0.717, 1.165) is 15.4 Å². The highest BCUT2D eigenvalue weighted by atomic mass is 79.9. The lowest BCUT2D eigenvalue weighted by molar-refractivity contribution is 0.0724. The van der Waals surface area contributed by atoms with Crippen molar-refractivity contribution < 1.29 is 14.3 Å². The molecular formula is C16H12BrN3O3. The maximum atomic E-state index is 12.2. The molecule has 0 saturated carbocycles. The summed E-state index contributed by atoms with van der Waals surface area (Å²) in [4.78, 5) is 27.7. The third-order valence-corrected chi connectivity index (χ3v) is 3.99. The lowest BCUT2D eigenvalue weighted by Crippen LogP contribution is -2.12. The van der Waals surface area contributed by atoms with Gasteiger partial charge in [-0.2, -0.15) is 0 Å². The van der Waals surface area contributed by atoms with Gasteiger partial charge in [0.1, 0.15) is 11.4 Å². The first-order valence-corrected chi connectivity index (χ1v) is 7.47. The zero-order chi connectivity index (χ0) is 16.6. The van der Waals surface area contributed by atoms with E-state index in [-0.39, 0.29) is 11.3 Å². The number of hydrogen-bond acceptors (Lipinski definition) is 4. The van der Waals surface area contributed by atoms with Crippen LogP contribution in [0.4, 0.5) is 0 Å². The van der Waals surface area contributed by atoms with E-state index < -0.39 is 11.9 Å². The van der Waals surface area contributed by atoms with E-state index in [9.17, 15) is 9.59 Å². The number of pyridine rings is 1. The molecule has 1 amide bonds. The predicted molar refractivity (Wildman–Crippen MR) is 88.3 cm³/mol. The van der Waals surface area contributed by atoms with Gasteiger partial charge in [0, 0.05) is 23.1 Å². The number of rotatable bonds is 3. The van der Waals surface area contributed by atoms with E-state index in [4.69, 9.17) is 10.5 Å². The Morgan fingerprint density at radius 1 is 1.30 bits per heavy atom. The molecule has 0 fully saturated rings. The summed E-state index contributed by atoms with van der Waals surface area (Å²) < 4.78 is 7.69. The average molecular weight is 374 g/mol. The number of nitrogens with zero attached hydrogens (tertiary/aromatic N) is 2. The first kappa shape index (κ1) is 15.2. The van der Waals surface area contributed by atoms with E-state index in [1.54, 1.807) is 13.1 Å². The highest BCUT2D eigenvalue weighted by Crippen LogP contribution is 2.25. The largest absolute Gasteiger partial charge is 0.420 e. The fourth-order valence-corrected chi connectivity index (χ4v) is 2.70. The minimum atomic E-state index is -0.600. The molecule has 1 aromatic carbocycles. The first-order valence-electron chi connectivity index (χ1n) is 6.68. The van der Waals surface area contributed by atoms with Crippen LogP contribution >= 0.6 is 15.9 Å². The molecule has 0 atom stereocenters. The zero-order valence-corrected chi connectivity index (χ0v) is 13.7. The summed E-state index contributed by atoms with van der Waals surface area (Å²) in [7, 11) is 1.64. The SMILES string of the molecule is Cn1cc(C(N)=O)cc1C(=O)Oc1cnc2c(Br)cccc2c1. The summed E-state index contributed by atoms with van der Waals surface area (Å²) in [6.45, 7) is 0. The van der Waals surface area contributed by atoms with Crippen LogP contribution in [0.3, 0.4) is 0 Å². The quantitative estimate of drug-likeness (QED) is 0.714. The van der Waals surface area contributed by atoms with Crippen LogP contribution in [-0.2, 0) is 7.05 Å². The molecule has 3 rings (SSSR count). The number of aromatic nitrogens is 2. The zero-order valence-electron chi connectivity index (χ0n) is 12.1. The average Bonchev–Trinajstić information content (AvgIpc) is 2.90. The van der Waals surface area contributed by atoms with Crippen molar-refractivity contribution in [2.45, 2.75) is 0 Å². The number of aryl methyl sites for hydroxylation is 1. The van der Waals surface area contributed by atoms with Crippen molar-refractivity contribution in [1.29, 1.82) is 0 Å². The standard InChI is InChI=1S/C16H12BrN3O3/c1-20-8-10(15(18)21)6-13(20)16(22)23-11-5-9-3-2-4-12(17)14(9)19-7-11/h2-8H,1H3,(H2,18,21). The molecule has 0 spiro atoms. The Balaban J connectivity index is 1.89. The van der Waals surface area contributed by atoms with Gasteiger partial charge in [-0.05, 0) is 34.1 Å². The minimum absolute atomic E-state index is 0.230. The number of ether oxygens (including phenoxy) is 1. The fourth-order valence-electron chi connectivity index (χ4n) is 2.22. The van der Waals surface area contributed by atoms with Crippen LogP contribution < -0.4 is 10.5 Å².